The molecule has 0 saturated heterocycles. The molecule has 0 atom stereocenters. The zero-order valence-corrected chi connectivity index (χ0v) is 12.1. The van der Waals surface area contributed by atoms with Gasteiger partial charge in [-0.2, -0.15) is 0 Å². The van der Waals surface area contributed by atoms with E-state index in [1.54, 1.807) is 0 Å². The van der Waals surface area contributed by atoms with Crippen LogP contribution in [0.15, 0.2) is 12.3 Å². The summed E-state index contributed by atoms with van der Waals surface area (Å²) in [6.07, 6.45) is 6.37. The van der Waals surface area contributed by atoms with Gasteiger partial charge in [0.15, 0.2) is 0 Å². The first-order valence-electron chi connectivity index (χ1n) is 7.31. The molecule has 1 fully saturated rings. The number of carbonyl (C=O) groups is 1. The summed E-state index contributed by atoms with van der Waals surface area (Å²) in [5.74, 6) is 0.0760. The molecule has 1 amide bonds. The van der Waals surface area contributed by atoms with Gasteiger partial charge >= 0.3 is 0 Å². The Morgan fingerprint density at radius 2 is 2.14 bits per heavy atom. The Hall–Kier alpha value is -2.18. The smallest absolute Gasteiger partial charge is 0.300 e. The number of carbonyl (C=O) groups excluding carboxylic acids is 1. The van der Waals surface area contributed by atoms with Crippen LogP contribution in [0.1, 0.15) is 49.4 Å². The summed E-state index contributed by atoms with van der Waals surface area (Å²) in [5.41, 5.74) is -0.193. The van der Waals surface area contributed by atoms with Gasteiger partial charge in [0.25, 0.3) is 11.6 Å². The van der Waals surface area contributed by atoms with Crippen LogP contribution in [0.3, 0.4) is 0 Å². The molecule has 1 aromatic heterocycles. The average molecular weight is 292 g/mol. The third kappa shape index (κ3) is 3.90. The molecule has 0 aliphatic heterocycles. The van der Waals surface area contributed by atoms with Crippen LogP contribution >= 0.6 is 0 Å². The number of hydrogen-bond donors (Lipinski definition) is 2. The number of amides is 1. The lowest BCUT2D eigenvalue weighted by atomic mass is 9.95. The van der Waals surface area contributed by atoms with Crippen molar-refractivity contribution in [2.75, 3.05) is 11.9 Å². The Labute approximate surface area is 123 Å². The van der Waals surface area contributed by atoms with Crippen LogP contribution in [0.25, 0.3) is 0 Å². The second kappa shape index (κ2) is 7.01. The largest absolute Gasteiger partial charge is 0.370 e. The summed E-state index contributed by atoms with van der Waals surface area (Å²) in [6, 6.07) is 1.56. The van der Waals surface area contributed by atoms with Gasteiger partial charge < -0.3 is 10.6 Å². The quantitative estimate of drug-likeness (QED) is 0.642. The van der Waals surface area contributed by atoms with E-state index in [2.05, 4.69) is 15.6 Å². The summed E-state index contributed by atoms with van der Waals surface area (Å²) in [4.78, 5) is 26.8. The lowest BCUT2D eigenvalue weighted by molar-refractivity contribution is -0.385. The number of anilines is 1. The number of hydrogen-bond acceptors (Lipinski definition) is 5. The van der Waals surface area contributed by atoms with Gasteiger partial charge in [-0.25, -0.2) is 4.98 Å². The summed E-state index contributed by atoms with van der Waals surface area (Å²) in [7, 11) is 0. The number of nitro groups is 1. The van der Waals surface area contributed by atoms with Crippen LogP contribution < -0.4 is 10.6 Å². The number of aromatic nitrogens is 1. The van der Waals surface area contributed by atoms with Crippen molar-refractivity contribution >= 4 is 17.4 Å². The molecule has 1 aliphatic rings. The maximum Gasteiger partial charge on any atom is 0.300 e. The molecular weight excluding hydrogens is 272 g/mol. The van der Waals surface area contributed by atoms with Crippen LogP contribution in [-0.2, 0) is 0 Å². The Bertz CT molecular complexity index is 527. The van der Waals surface area contributed by atoms with Gasteiger partial charge in [0.2, 0.25) is 0 Å². The van der Waals surface area contributed by atoms with Crippen molar-refractivity contribution in [2.24, 2.45) is 0 Å². The summed E-state index contributed by atoms with van der Waals surface area (Å²) >= 11 is 0. The number of pyridine rings is 1. The Morgan fingerprint density at radius 3 is 2.76 bits per heavy atom. The SMILES string of the molecule is CCNc1cc(C(=O)NC2CCCCC2)c([N+](=O)[O-])cn1. The molecule has 0 unspecified atom stereocenters. The molecule has 0 radical (unpaired) electrons. The molecule has 114 valence electrons. The van der Waals surface area contributed by atoms with E-state index in [1.165, 1.54) is 12.5 Å². The van der Waals surface area contributed by atoms with Gasteiger partial charge in [-0.1, -0.05) is 19.3 Å². The normalized spacial score (nSPS) is 15.5. The van der Waals surface area contributed by atoms with Gasteiger partial charge in [0.1, 0.15) is 17.6 Å². The van der Waals surface area contributed by atoms with Gasteiger partial charge in [-0.05, 0) is 19.8 Å². The highest BCUT2D eigenvalue weighted by atomic mass is 16.6. The van der Waals surface area contributed by atoms with E-state index in [1.807, 2.05) is 6.92 Å². The zero-order chi connectivity index (χ0) is 15.2. The molecule has 1 heterocycles. The summed E-state index contributed by atoms with van der Waals surface area (Å²) in [6.45, 7) is 2.53. The van der Waals surface area contributed by atoms with Gasteiger partial charge in [0, 0.05) is 18.7 Å². The number of nitrogens with zero attached hydrogens (tertiary/aromatic N) is 2. The molecule has 0 bridgehead atoms. The van der Waals surface area contributed by atoms with E-state index in [9.17, 15) is 14.9 Å². The molecular formula is C14H20N4O3. The fraction of sp³-hybridized carbons (Fsp3) is 0.571. The van der Waals surface area contributed by atoms with Crippen molar-refractivity contribution in [2.45, 2.75) is 45.1 Å². The first-order valence-corrected chi connectivity index (χ1v) is 7.31. The molecule has 2 N–H and O–H groups in total. The molecule has 7 heteroatoms. The maximum atomic E-state index is 12.3. The third-order valence-electron chi connectivity index (χ3n) is 3.62. The van der Waals surface area contributed by atoms with Crippen LogP contribution in [0.4, 0.5) is 11.5 Å². The van der Waals surface area contributed by atoms with E-state index >= 15 is 0 Å². The average Bonchev–Trinajstić information content (AvgIpc) is 2.48. The minimum Gasteiger partial charge on any atom is -0.370 e. The van der Waals surface area contributed by atoms with Gasteiger partial charge in [0.05, 0.1) is 4.92 Å². The minimum absolute atomic E-state index is 0.0662. The summed E-state index contributed by atoms with van der Waals surface area (Å²) < 4.78 is 0. The molecule has 2 rings (SSSR count). The van der Waals surface area contributed by atoms with Gasteiger partial charge in [-0.15, -0.1) is 0 Å². The lowest BCUT2D eigenvalue weighted by Gasteiger charge is -2.22. The molecule has 0 aromatic carbocycles. The molecule has 1 aliphatic carbocycles. The Kier molecular flexibility index (Phi) is 5.08. The molecule has 1 saturated carbocycles. The topological polar surface area (TPSA) is 97.2 Å². The first kappa shape index (κ1) is 15.2. The van der Waals surface area contributed by atoms with Crippen LogP contribution in [0.2, 0.25) is 0 Å². The number of rotatable bonds is 5. The zero-order valence-electron chi connectivity index (χ0n) is 12.1. The summed E-state index contributed by atoms with van der Waals surface area (Å²) in [5, 5.41) is 16.9. The molecule has 21 heavy (non-hydrogen) atoms. The van der Waals surface area contributed by atoms with E-state index < -0.39 is 10.8 Å². The first-order chi connectivity index (χ1) is 10.1. The maximum absolute atomic E-state index is 12.3. The van der Waals surface area contributed by atoms with Crippen molar-refractivity contribution in [1.29, 1.82) is 0 Å². The monoisotopic (exact) mass is 292 g/mol. The standard InChI is InChI=1S/C14H20N4O3/c1-2-15-13-8-11(12(9-16-13)18(20)21)14(19)17-10-6-4-3-5-7-10/h8-10H,2-7H2,1H3,(H,15,16)(H,17,19). The minimum atomic E-state index is -0.571. The highest BCUT2D eigenvalue weighted by Gasteiger charge is 2.24. The molecule has 0 spiro atoms. The van der Waals surface area contributed by atoms with Crippen LogP contribution in [0, 0.1) is 10.1 Å². The van der Waals surface area contributed by atoms with Gasteiger partial charge in [-0.3, -0.25) is 14.9 Å². The highest BCUT2D eigenvalue weighted by molar-refractivity contribution is 5.98. The van der Waals surface area contributed by atoms with E-state index in [4.69, 9.17) is 0 Å². The molecule has 1 aromatic rings. The van der Waals surface area contributed by atoms with Crippen molar-refractivity contribution in [3.05, 3.63) is 27.9 Å². The van der Waals surface area contributed by atoms with E-state index in [0.29, 0.717) is 12.4 Å². The van der Waals surface area contributed by atoms with Crippen molar-refractivity contribution in [3.63, 3.8) is 0 Å². The fourth-order valence-corrected chi connectivity index (χ4v) is 2.56. The van der Waals surface area contributed by atoms with Crippen molar-refractivity contribution in [3.8, 4) is 0 Å². The molecule has 7 nitrogen and oxygen atoms in total. The Morgan fingerprint density at radius 1 is 1.43 bits per heavy atom. The third-order valence-corrected chi connectivity index (χ3v) is 3.62. The second-order valence-corrected chi connectivity index (χ2v) is 5.18. The van der Waals surface area contributed by atoms with Crippen LogP contribution in [-0.4, -0.2) is 28.4 Å². The lowest BCUT2D eigenvalue weighted by Crippen LogP contribution is -2.36. The fourth-order valence-electron chi connectivity index (χ4n) is 2.56. The van der Waals surface area contributed by atoms with Crippen LogP contribution in [0.5, 0.6) is 0 Å². The Balaban J connectivity index is 2.19. The predicted molar refractivity (Wildman–Crippen MR) is 79.4 cm³/mol. The number of nitrogens with one attached hydrogen (secondary N) is 2. The second-order valence-electron chi connectivity index (χ2n) is 5.18. The van der Waals surface area contributed by atoms with Crippen molar-refractivity contribution < 1.29 is 9.72 Å². The van der Waals surface area contributed by atoms with E-state index in [0.717, 1.165) is 31.9 Å². The van der Waals surface area contributed by atoms with E-state index in [-0.39, 0.29) is 17.3 Å². The van der Waals surface area contributed by atoms with Crippen molar-refractivity contribution in [1.82, 2.24) is 10.3 Å². The highest BCUT2D eigenvalue weighted by Crippen LogP contribution is 2.22. The predicted octanol–water partition coefficient (Wildman–Crippen LogP) is 2.48.